The van der Waals surface area contributed by atoms with E-state index < -0.39 is 17.7 Å². The van der Waals surface area contributed by atoms with Crippen LogP contribution >= 0.6 is 23.4 Å². The average molecular weight is 498 g/mol. The van der Waals surface area contributed by atoms with Gasteiger partial charge in [-0.3, -0.25) is 9.59 Å². The Bertz CT molecular complexity index is 1010. The number of ether oxygens (including phenoxy) is 4. The van der Waals surface area contributed by atoms with Crippen molar-refractivity contribution < 1.29 is 28.5 Å². The molecule has 11 heteroatoms. The Morgan fingerprint density at radius 2 is 1.64 bits per heavy atom. The maximum Gasteiger partial charge on any atom is 0.276 e. The molecule has 0 spiro atoms. The number of ketones is 1. The highest BCUT2D eigenvalue weighted by Crippen LogP contribution is 2.42. The number of amides is 1. The second-order valence-corrected chi connectivity index (χ2v) is 7.23. The largest absolute Gasteiger partial charge is 0.497 e. The Morgan fingerprint density at radius 3 is 2.15 bits per heavy atom. The van der Waals surface area contributed by atoms with E-state index in [4.69, 9.17) is 42.3 Å². The fourth-order valence-corrected chi connectivity index (χ4v) is 3.18. The summed E-state index contributed by atoms with van der Waals surface area (Å²) in [5.74, 6) is 0.101. The van der Waals surface area contributed by atoms with Crippen LogP contribution in [0.15, 0.2) is 40.6 Å². The molecule has 0 saturated heterocycles. The molecule has 1 atom stereocenters. The van der Waals surface area contributed by atoms with Gasteiger partial charge in [0.25, 0.3) is 5.91 Å². The SMILES string of the molecule is CCOc1ccc(N=NC(C(C)=O)C(=O)N(Cl)c2cc(OC)cc(OC)c2)c(OCC)c1Cl. The lowest BCUT2D eigenvalue weighted by Crippen LogP contribution is -2.36. The molecule has 33 heavy (non-hydrogen) atoms. The summed E-state index contributed by atoms with van der Waals surface area (Å²) in [5, 5.41) is 8.21. The zero-order chi connectivity index (χ0) is 24.5. The van der Waals surface area contributed by atoms with Gasteiger partial charge in [0, 0.05) is 30.0 Å². The van der Waals surface area contributed by atoms with Crippen LogP contribution in [-0.2, 0) is 9.59 Å². The van der Waals surface area contributed by atoms with E-state index in [0.29, 0.717) is 30.5 Å². The average Bonchev–Trinajstić information content (AvgIpc) is 2.81. The number of hydrogen-bond acceptors (Lipinski definition) is 8. The normalized spacial score (nSPS) is 11.7. The zero-order valence-corrected chi connectivity index (χ0v) is 20.4. The summed E-state index contributed by atoms with van der Waals surface area (Å²) in [6.07, 6.45) is 0. The fourth-order valence-electron chi connectivity index (χ4n) is 2.72. The van der Waals surface area contributed by atoms with Crippen molar-refractivity contribution in [1.82, 2.24) is 0 Å². The molecule has 0 aromatic heterocycles. The molecule has 9 nitrogen and oxygen atoms in total. The first-order chi connectivity index (χ1) is 15.8. The topological polar surface area (TPSA) is 99.0 Å². The lowest BCUT2D eigenvalue weighted by atomic mass is 10.2. The molecule has 0 aliphatic heterocycles. The van der Waals surface area contributed by atoms with Gasteiger partial charge in [0.15, 0.2) is 11.5 Å². The standard InChI is InChI=1S/C22H25Cl2N3O6/c1-6-32-18-9-8-17(21(19(18)23)33-7-2)25-26-20(13(3)28)22(29)27(24)14-10-15(30-4)12-16(11-14)31-5/h8-12,20H,6-7H2,1-5H3. The lowest BCUT2D eigenvalue weighted by molar-refractivity contribution is -0.126. The molecule has 0 aliphatic carbocycles. The summed E-state index contributed by atoms with van der Waals surface area (Å²) in [5.41, 5.74) is 0.465. The monoisotopic (exact) mass is 497 g/mol. The molecular formula is C22H25Cl2N3O6. The predicted molar refractivity (Wildman–Crippen MR) is 126 cm³/mol. The summed E-state index contributed by atoms with van der Waals surface area (Å²) in [4.78, 5) is 25.2. The van der Waals surface area contributed by atoms with E-state index in [1.54, 1.807) is 25.1 Å². The molecule has 2 rings (SSSR count). The third-order valence-electron chi connectivity index (χ3n) is 4.29. The number of nitrogens with zero attached hydrogens (tertiary/aromatic N) is 3. The van der Waals surface area contributed by atoms with E-state index in [2.05, 4.69) is 10.2 Å². The highest BCUT2D eigenvalue weighted by molar-refractivity contribution is 6.39. The minimum atomic E-state index is -1.50. The van der Waals surface area contributed by atoms with Crippen LogP contribution in [-0.4, -0.2) is 45.2 Å². The molecule has 0 radical (unpaired) electrons. The number of Topliss-reactive ketones (excluding diaryl/α,β-unsaturated/α-hetero) is 1. The molecule has 2 aromatic rings. The van der Waals surface area contributed by atoms with Gasteiger partial charge in [0.1, 0.15) is 28.0 Å². The van der Waals surface area contributed by atoms with Crippen LogP contribution in [0.3, 0.4) is 0 Å². The van der Waals surface area contributed by atoms with Gasteiger partial charge in [-0.05, 0) is 32.9 Å². The van der Waals surface area contributed by atoms with Crippen LogP contribution in [0.4, 0.5) is 11.4 Å². The van der Waals surface area contributed by atoms with Gasteiger partial charge in [-0.2, -0.15) is 10.2 Å². The van der Waals surface area contributed by atoms with Crippen molar-refractivity contribution in [3.63, 3.8) is 0 Å². The molecule has 178 valence electrons. The third kappa shape index (κ3) is 6.49. The maximum atomic E-state index is 13.0. The van der Waals surface area contributed by atoms with Gasteiger partial charge in [0.2, 0.25) is 6.04 Å². The van der Waals surface area contributed by atoms with Crippen molar-refractivity contribution >= 4 is 46.4 Å². The zero-order valence-electron chi connectivity index (χ0n) is 18.9. The van der Waals surface area contributed by atoms with E-state index in [9.17, 15) is 9.59 Å². The first-order valence-electron chi connectivity index (χ1n) is 9.99. The van der Waals surface area contributed by atoms with Crippen molar-refractivity contribution in [3.05, 3.63) is 35.4 Å². The van der Waals surface area contributed by atoms with Crippen molar-refractivity contribution in [3.8, 4) is 23.0 Å². The number of halogens is 2. The molecule has 0 bridgehead atoms. The minimum Gasteiger partial charge on any atom is -0.497 e. The molecule has 0 heterocycles. The molecule has 0 saturated carbocycles. The van der Waals surface area contributed by atoms with E-state index in [0.717, 1.165) is 4.42 Å². The number of hydrogen-bond donors (Lipinski definition) is 0. The van der Waals surface area contributed by atoms with Crippen LogP contribution in [0.25, 0.3) is 0 Å². The Hall–Kier alpha value is -3.04. The molecule has 0 fully saturated rings. The predicted octanol–water partition coefficient (Wildman–Crippen LogP) is 5.38. The molecule has 1 unspecified atom stereocenters. The number of methoxy groups -OCH3 is 2. The molecule has 0 N–H and O–H groups in total. The second kappa shape index (κ2) is 12.3. The first-order valence-corrected chi connectivity index (χ1v) is 10.7. The quantitative estimate of drug-likeness (QED) is 0.234. The van der Waals surface area contributed by atoms with Gasteiger partial charge < -0.3 is 18.9 Å². The molecule has 2 aromatic carbocycles. The van der Waals surface area contributed by atoms with Gasteiger partial charge in [-0.25, -0.2) is 4.42 Å². The number of carbonyl (C=O) groups excluding carboxylic acids is 2. The molecule has 0 aliphatic rings. The van der Waals surface area contributed by atoms with Crippen LogP contribution in [0.2, 0.25) is 5.02 Å². The highest BCUT2D eigenvalue weighted by Gasteiger charge is 2.29. The van der Waals surface area contributed by atoms with Gasteiger partial charge >= 0.3 is 0 Å². The smallest absolute Gasteiger partial charge is 0.276 e. The number of rotatable bonds is 11. The van der Waals surface area contributed by atoms with Gasteiger partial charge in [0.05, 0.1) is 33.1 Å². The Kier molecular flexibility index (Phi) is 9.74. The summed E-state index contributed by atoms with van der Waals surface area (Å²) < 4.78 is 22.2. The Labute approximate surface area is 202 Å². The number of benzene rings is 2. The summed E-state index contributed by atoms with van der Waals surface area (Å²) >= 11 is 12.6. The van der Waals surface area contributed by atoms with Gasteiger partial charge in [-0.1, -0.05) is 11.6 Å². The van der Waals surface area contributed by atoms with Crippen molar-refractivity contribution in [2.24, 2.45) is 10.2 Å². The number of azo groups is 1. The van der Waals surface area contributed by atoms with E-state index >= 15 is 0 Å². The summed E-state index contributed by atoms with van der Waals surface area (Å²) in [6, 6.07) is 6.32. The van der Waals surface area contributed by atoms with E-state index in [1.807, 2.05) is 6.92 Å². The number of anilines is 1. The van der Waals surface area contributed by atoms with Crippen LogP contribution < -0.4 is 23.4 Å². The van der Waals surface area contributed by atoms with Crippen LogP contribution in [0.5, 0.6) is 23.0 Å². The molecular weight excluding hydrogens is 473 g/mol. The minimum absolute atomic E-state index is 0.211. The maximum absolute atomic E-state index is 13.0. The highest BCUT2D eigenvalue weighted by atomic mass is 35.5. The van der Waals surface area contributed by atoms with Crippen molar-refractivity contribution in [2.75, 3.05) is 31.9 Å². The fraction of sp³-hybridized carbons (Fsp3) is 0.364. The first kappa shape index (κ1) is 26.2. The third-order valence-corrected chi connectivity index (χ3v) is 5.01. The van der Waals surface area contributed by atoms with E-state index in [1.165, 1.54) is 33.3 Å². The van der Waals surface area contributed by atoms with E-state index in [-0.39, 0.29) is 22.1 Å². The Morgan fingerprint density at radius 1 is 1.03 bits per heavy atom. The van der Waals surface area contributed by atoms with Crippen LogP contribution in [0.1, 0.15) is 20.8 Å². The number of carbonyl (C=O) groups is 2. The second-order valence-electron chi connectivity index (χ2n) is 6.51. The van der Waals surface area contributed by atoms with Crippen molar-refractivity contribution in [1.29, 1.82) is 0 Å². The van der Waals surface area contributed by atoms with Crippen LogP contribution in [0, 0.1) is 0 Å². The summed E-state index contributed by atoms with van der Waals surface area (Å²) in [7, 11) is 2.92. The molecule has 1 amide bonds. The van der Waals surface area contributed by atoms with Crippen molar-refractivity contribution in [2.45, 2.75) is 26.8 Å². The van der Waals surface area contributed by atoms with Gasteiger partial charge in [-0.15, -0.1) is 0 Å². The Balaban J connectivity index is 2.39. The lowest BCUT2D eigenvalue weighted by Gasteiger charge is -2.18. The summed E-state index contributed by atoms with van der Waals surface area (Å²) in [6.45, 7) is 5.53.